The van der Waals surface area contributed by atoms with Crippen LogP contribution < -0.4 is 71.6 Å². The van der Waals surface area contributed by atoms with E-state index in [1.165, 1.54) is 0 Å². The maximum absolute atomic E-state index is 13.9. The summed E-state index contributed by atoms with van der Waals surface area (Å²) in [5.74, 6) is -11.9. The number of nitrogens with zero attached hydrogens (tertiary/aromatic N) is 2. The summed E-state index contributed by atoms with van der Waals surface area (Å²) < 4.78 is 0. The van der Waals surface area contributed by atoms with E-state index >= 15 is 0 Å². The lowest BCUT2D eigenvalue weighted by Gasteiger charge is -2.28. The minimum atomic E-state index is -1.67. The van der Waals surface area contributed by atoms with Gasteiger partial charge >= 0.3 is 17.9 Å². The van der Waals surface area contributed by atoms with Crippen molar-refractivity contribution in [2.75, 3.05) is 32.8 Å². The maximum Gasteiger partial charge on any atom is 0.326 e. The fraction of sp³-hybridized carbons (Fsp3) is 0.684. The van der Waals surface area contributed by atoms with Gasteiger partial charge in [0.25, 0.3) is 0 Å². The predicted molar refractivity (Wildman–Crippen MR) is 239 cm³/mol. The molecule has 0 heterocycles. The van der Waals surface area contributed by atoms with Gasteiger partial charge in [-0.3, -0.25) is 53.1 Å². The molecule has 7 amide bonds. The first kappa shape index (κ1) is 60.1. The third-order valence-electron chi connectivity index (χ3n) is 9.33. The quantitative estimate of drug-likeness (QED) is 0.0159. The average Bonchev–Trinajstić information content (AvgIpc) is 3.23. The number of amides is 7. The van der Waals surface area contributed by atoms with Crippen molar-refractivity contribution in [3.63, 3.8) is 0 Å². The van der Waals surface area contributed by atoms with Crippen LogP contribution in [-0.4, -0.2) is 167 Å². The minimum Gasteiger partial charge on any atom is -0.481 e. The van der Waals surface area contributed by atoms with Crippen LogP contribution in [0.3, 0.4) is 0 Å². The van der Waals surface area contributed by atoms with Crippen LogP contribution >= 0.6 is 0 Å². The lowest BCUT2D eigenvalue weighted by molar-refractivity contribution is -0.143. The van der Waals surface area contributed by atoms with Gasteiger partial charge in [-0.1, -0.05) is 13.8 Å². The molecule has 29 heteroatoms. The summed E-state index contributed by atoms with van der Waals surface area (Å²) in [6.45, 7) is 1.91. The Balaban J connectivity index is 6.53. The fourth-order valence-corrected chi connectivity index (χ4v) is 5.91. The van der Waals surface area contributed by atoms with E-state index in [-0.39, 0.29) is 76.0 Å². The Bertz CT molecular complexity index is 1740. The second kappa shape index (κ2) is 32.7. The Kier molecular flexibility index (Phi) is 29.4. The monoisotopic (exact) mass is 960 g/mol. The topological polar surface area (TPSA) is 517 Å². The molecule has 0 fully saturated rings. The molecular formula is C38H69N15O14. The van der Waals surface area contributed by atoms with E-state index in [4.69, 9.17) is 39.5 Å². The van der Waals surface area contributed by atoms with Gasteiger partial charge in [-0.15, -0.1) is 0 Å². The van der Waals surface area contributed by atoms with Crippen LogP contribution in [0, 0.1) is 5.92 Å². The van der Waals surface area contributed by atoms with Crippen LogP contribution in [0.15, 0.2) is 9.98 Å². The van der Waals surface area contributed by atoms with Gasteiger partial charge in [0, 0.05) is 19.5 Å². The molecule has 0 aromatic rings. The van der Waals surface area contributed by atoms with Crippen molar-refractivity contribution in [3.8, 4) is 0 Å². The molecule has 0 saturated heterocycles. The van der Waals surface area contributed by atoms with E-state index < -0.39 is 134 Å². The number of aliphatic hydroxyl groups is 1. The summed E-state index contributed by atoms with van der Waals surface area (Å²) >= 11 is 0. The molecule has 0 saturated carbocycles. The summed E-state index contributed by atoms with van der Waals surface area (Å²) in [7, 11) is 0. The Morgan fingerprint density at radius 1 is 0.537 bits per heavy atom. The molecule has 0 aliphatic carbocycles. The number of unbranched alkanes of at least 4 members (excludes halogenated alkanes) is 1. The van der Waals surface area contributed by atoms with Crippen molar-refractivity contribution in [1.29, 1.82) is 0 Å². The van der Waals surface area contributed by atoms with Crippen LogP contribution in [0.4, 0.5) is 0 Å². The summed E-state index contributed by atoms with van der Waals surface area (Å²) in [6.07, 6.45) is -1.34. The lowest BCUT2D eigenvalue weighted by atomic mass is 10.0. The molecule has 29 nitrogen and oxygen atoms in total. The second-order valence-electron chi connectivity index (χ2n) is 15.6. The van der Waals surface area contributed by atoms with Gasteiger partial charge in [0.05, 0.1) is 25.6 Å². The highest BCUT2D eigenvalue weighted by atomic mass is 16.4. The van der Waals surface area contributed by atoms with Crippen molar-refractivity contribution < 1.29 is 68.4 Å². The third kappa shape index (κ3) is 27.3. The zero-order valence-electron chi connectivity index (χ0n) is 37.7. The molecular weight excluding hydrogens is 891 g/mol. The lowest BCUT2D eigenvalue weighted by Crippen LogP contribution is -2.60. The molecule has 0 unspecified atom stereocenters. The highest BCUT2D eigenvalue weighted by Gasteiger charge is 2.34. The van der Waals surface area contributed by atoms with Crippen LogP contribution in [0.1, 0.15) is 84.5 Å². The van der Waals surface area contributed by atoms with Crippen molar-refractivity contribution in [1.82, 2.24) is 37.2 Å². The summed E-state index contributed by atoms with van der Waals surface area (Å²) in [5.41, 5.74) is 32.5. The molecule has 23 N–H and O–H groups in total. The van der Waals surface area contributed by atoms with Crippen molar-refractivity contribution in [2.24, 2.45) is 50.3 Å². The van der Waals surface area contributed by atoms with Gasteiger partial charge in [-0.25, -0.2) is 4.79 Å². The Labute approximate surface area is 386 Å². The minimum absolute atomic E-state index is 0.00510. The summed E-state index contributed by atoms with van der Waals surface area (Å²) in [4.78, 5) is 135. The largest absolute Gasteiger partial charge is 0.481 e. The van der Waals surface area contributed by atoms with Gasteiger partial charge in [0.15, 0.2) is 11.9 Å². The number of nitrogens with one attached hydrogen (secondary N) is 7. The molecule has 0 rings (SSSR count). The van der Waals surface area contributed by atoms with Crippen molar-refractivity contribution in [2.45, 2.75) is 127 Å². The number of aliphatic imine (C=N–C) groups is 2. The normalized spacial score (nSPS) is 13.9. The number of carbonyl (C=O) groups excluding carboxylic acids is 7. The molecule has 0 aliphatic heterocycles. The number of carbonyl (C=O) groups is 10. The first-order valence-corrected chi connectivity index (χ1v) is 21.3. The average molecular weight is 960 g/mol. The van der Waals surface area contributed by atoms with E-state index in [0.717, 1.165) is 0 Å². The third-order valence-corrected chi connectivity index (χ3v) is 9.33. The second-order valence-corrected chi connectivity index (χ2v) is 15.6. The highest BCUT2D eigenvalue weighted by Crippen LogP contribution is 2.10. The van der Waals surface area contributed by atoms with E-state index in [1.54, 1.807) is 13.8 Å². The maximum atomic E-state index is 13.9. The van der Waals surface area contributed by atoms with Gasteiger partial charge in [-0.2, -0.15) is 0 Å². The first-order valence-electron chi connectivity index (χ1n) is 21.3. The van der Waals surface area contributed by atoms with E-state index in [0.29, 0.717) is 12.8 Å². The smallest absolute Gasteiger partial charge is 0.326 e. The Hall–Kier alpha value is -6.88. The van der Waals surface area contributed by atoms with Crippen LogP contribution in [0.5, 0.6) is 0 Å². The number of aliphatic carboxylic acids is 3. The fourth-order valence-electron chi connectivity index (χ4n) is 5.91. The number of hydrogen-bond acceptors (Lipinski definition) is 15. The number of nitrogens with two attached hydrogens (primary N) is 6. The zero-order chi connectivity index (χ0) is 51.2. The Morgan fingerprint density at radius 2 is 0.970 bits per heavy atom. The SMILES string of the molecule is CC(C)C[C@H](NC(=O)[C@H](CCC(=O)O)NC(=O)[C@H](CCCN=C(N)N)NC(=O)CNC(=O)[C@@H](N)CC(=O)O)C(=O)N[C@@H](CCCN=C(N)N)C(=O)N[C@@H](CO)C(=O)N[C@@H](CCCCN)C(=O)O. The number of carboxylic acids is 3. The molecule has 0 radical (unpaired) electrons. The molecule has 7 atom stereocenters. The van der Waals surface area contributed by atoms with Crippen LogP contribution in [0.2, 0.25) is 0 Å². The number of carboxylic acid groups (broad SMARTS) is 3. The molecule has 67 heavy (non-hydrogen) atoms. The number of rotatable bonds is 35. The van der Waals surface area contributed by atoms with Crippen LogP contribution in [-0.2, 0) is 47.9 Å². The molecule has 0 aromatic carbocycles. The van der Waals surface area contributed by atoms with Gasteiger partial charge in [0.2, 0.25) is 41.4 Å². The van der Waals surface area contributed by atoms with Crippen LogP contribution in [0.25, 0.3) is 0 Å². The summed E-state index contributed by atoms with van der Waals surface area (Å²) in [6, 6.07) is -10.6. The Morgan fingerprint density at radius 3 is 1.42 bits per heavy atom. The van der Waals surface area contributed by atoms with Crippen molar-refractivity contribution in [3.05, 3.63) is 0 Å². The molecule has 0 aliphatic rings. The zero-order valence-corrected chi connectivity index (χ0v) is 37.7. The number of hydrogen-bond donors (Lipinski definition) is 17. The van der Waals surface area contributed by atoms with E-state index in [2.05, 4.69) is 47.2 Å². The highest BCUT2D eigenvalue weighted by molar-refractivity contribution is 5.97. The summed E-state index contributed by atoms with van der Waals surface area (Å²) in [5, 5.41) is 54.4. The van der Waals surface area contributed by atoms with E-state index in [9.17, 15) is 63.3 Å². The predicted octanol–water partition coefficient (Wildman–Crippen LogP) is -6.96. The molecule has 0 aromatic heterocycles. The van der Waals surface area contributed by atoms with Gasteiger partial charge in [0.1, 0.15) is 36.3 Å². The first-order chi connectivity index (χ1) is 31.4. The molecule has 0 bridgehead atoms. The van der Waals surface area contributed by atoms with E-state index in [1.807, 2.05) is 0 Å². The standard InChI is InChI=1S/C38H69N15O14/c1-19(2)15-25(34(64)49-22(9-6-14-46-38(43)44)32(62)53-26(18-54)35(65)51-24(36(66)67)7-3-4-12-39)52-33(63)23(10-11-28(56)57)50-31(61)21(8-5-13-45-37(41)42)48-27(55)17-47-30(60)20(40)16-29(58)59/h19-26,54H,3-18,39-40H2,1-2H3,(H,47,60)(H,48,55)(H,49,64)(H,50,61)(H,51,65)(H,52,63)(H,53,62)(H,56,57)(H,58,59)(H,66,67)(H4,41,42,45)(H4,43,44,46)/t20-,21-,22-,23-,24-,25-,26-/m0/s1. The number of aliphatic hydroxyl groups excluding tert-OH is 1. The molecule has 380 valence electrons. The van der Waals surface area contributed by atoms with Crippen molar-refractivity contribution >= 4 is 71.2 Å². The van der Waals surface area contributed by atoms with Gasteiger partial charge in [-0.05, 0) is 70.3 Å². The molecule has 0 spiro atoms. The number of guanidine groups is 2. The van der Waals surface area contributed by atoms with Gasteiger partial charge < -0.3 is 92.0 Å².